The molecule has 0 spiro atoms. The van der Waals surface area contributed by atoms with Gasteiger partial charge in [0.25, 0.3) is 5.92 Å². The van der Waals surface area contributed by atoms with Gasteiger partial charge in [0.2, 0.25) is 4.96 Å². The molecule has 0 aliphatic heterocycles. The quantitative estimate of drug-likeness (QED) is 0.457. The second-order valence-electron chi connectivity index (χ2n) is 5.06. The summed E-state index contributed by atoms with van der Waals surface area (Å²) in [6.07, 6.45) is 1.54. The van der Waals surface area contributed by atoms with Crippen molar-refractivity contribution < 1.29 is 13.2 Å². The third kappa shape index (κ3) is 2.49. The van der Waals surface area contributed by atoms with Crippen molar-refractivity contribution in [2.75, 3.05) is 0 Å². The van der Waals surface area contributed by atoms with Gasteiger partial charge in [-0.1, -0.05) is 34.5 Å². The maximum Gasteiger partial charge on any atom is 0.298 e. The van der Waals surface area contributed by atoms with Crippen molar-refractivity contribution >= 4 is 50.5 Å². The largest absolute Gasteiger partial charge is 0.454 e. The number of halogens is 4. The average Bonchev–Trinajstić information content (AvgIpc) is 3.06. The van der Waals surface area contributed by atoms with Crippen LogP contribution >= 0.6 is 34.5 Å². The number of aromatic nitrogens is 3. The summed E-state index contributed by atoms with van der Waals surface area (Å²) in [5.41, 5.74) is 1.01. The van der Waals surface area contributed by atoms with Crippen LogP contribution in [0.3, 0.4) is 0 Å². The summed E-state index contributed by atoms with van der Waals surface area (Å²) in [7, 11) is 0. The van der Waals surface area contributed by atoms with Gasteiger partial charge in [-0.15, -0.1) is 0 Å². The van der Waals surface area contributed by atoms with E-state index >= 15 is 0 Å². The van der Waals surface area contributed by atoms with Crippen LogP contribution < -0.4 is 0 Å². The van der Waals surface area contributed by atoms with Crippen LogP contribution in [0.4, 0.5) is 8.78 Å². The first-order valence-corrected chi connectivity index (χ1v) is 8.02. The van der Waals surface area contributed by atoms with Crippen LogP contribution in [-0.2, 0) is 5.92 Å². The van der Waals surface area contributed by atoms with Crippen LogP contribution in [0.15, 0.2) is 28.8 Å². The summed E-state index contributed by atoms with van der Waals surface area (Å²) in [5, 5.41) is 5.20. The van der Waals surface area contributed by atoms with E-state index < -0.39 is 5.92 Å². The number of alkyl halides is 2. The third-order valence-corrected chi connectivity index (χ3v) is 4.85. The molecule has 118 valence electrons. The molecule has 4 rings (SSSR count). The zero-order valence-corrected chi connectivity index (χ0v) is 13.8. The fourth-order valence-corrected chi connectivity index (χ4v) is 3.53. The van der Waals surface area contributed by atoms with Gasteiger partial charge in [0.15, 0.2) is 10.8 Å². The fourth-order valence-electron chi connectivity index (χ4n) is 2.19. The highest BCUT2D eigenvalue weighted by atomic mass is 35.5. The molecule has 0 bridgehead atoms. The molecular weight excluding hydrogens is 367 g/mol. The van der Waals surface area contributed by atoms with Crippen LogP contribution in [-0.4, -0.2) is 14.6 Å². The molecule has 0 radical (unpaired) electrons. The molecule has 3 aromatic heterocycles. The summed E-state index contributed by atoms with van der Waals surface area (Å²) in [6.45, 7) is 0.803. The molecule has 0 amide bonds. The van der Waals surface area contributed by atoms with Crippen LogP contribution in [0.5, 0.6) is 0 Å². The molecule has 4 aromatic rings. The van der Waals surface area contributed by atoms with Gasteiger partial charge in [-0.05, 0) is 12.1 Å². The number of rotatable bonds is 2. The summed E-state index contributed by atoms with van der Waals surface area (Å²) in [5.74, 6) is -2.53. The minimum atomic E-state index is -2.99. The van der Waals surface area contributed by atoms with Crippen molar-refractivity contribution in [1.82, 2.24) is 14.6 Å². The van der Waals surface area contributed by atoms with E-state index in [1.54, 1.807) is 18.2 Å². The van der Waals surface area contributed by atoms with Crippen molar-refractivity contribution in [1.29, 1.82) is 0 Å². The first-order chi connectivity index (χ1) is 10.8. The molecule has 0 saturated heterocycles. The van der Waals surface area contributed by atoms with E-state index in [-0.39, 0.29) is 5.01 Å². The number of fused-ring (bicyclic) bond motifs is 2. The van der Waals surface area contributed by atoms with E-state index in [2.05, 4.69) is 10.1 Å². The lowest BCUT2D eigenvalue weighted by molar-refractivity contribution is 0.0163. The van der Waals surface area contributed by atoms with Crippen molar-refractivity contribution in [3.05, 3.63) is 39.4 Å². The molecule has 23 heavy (non-hydrogen) atoms. The molecule has 9 heteroatoms. The van der Waals surface area contributed by atoms with E-state index in [1.165, 1.54) is 10.7 Å². The van der Waals surface area contributed by atoms with Gasteiger partial charge in [-0.2, -0.15) is 13.9 Å². The Labute approximate surface area is 142 Å². The average molecular weight is 374 g/mol. The highest BCUT2D eigenvalue weighted by molar-refractivity contribution is 7.16. The molecule has 0 aliphatic carbocycles. The first kappa shape index (κ1) is 14.9. The number of benzene rings is 1. The normalized spacial score (nSPS) is 12.6. The van der Waals surface area contributed by atoms with Gasteiger partial charge in [0.1, 0.15) is 11.3 Å². The number of nitrogens with zero attached hydrogens (tertiary/aromatic N) is 3. The van der Waals surface area contributed by atoms with Crippen molar-refractivity contribution in [2.45, 2.75) is 12.8 Å². The van der Waals surface area contributed by atoms with E-state index in [9.17, 15) is 8.78 Å². The van der Waals surface area contributed by atoms with E-state index in [1.807, 2.05) is 0 Å². The molecular formula is C14H7Cl2F2N3OS. The van der Waals surface area contributed by atoms with Crippen LogP contribution in [0.1, 0.15) is 11.9 Å². The molecule has 0 aliphatic rings. The minimum Gasteiger partial charge on any atom is -0.454 e. The molecule has 4 nitrogen and oxygen atoms in total. The Hall–Kier alpha value is -1.70. The molecule has 0 unspecified atom stereocenters. The smallest absolute Gasteiger partial charge is 0.298 e. The lowest BCUT2D eigenvalue weighted by Crippen LogP contribution is -2.06. The number of imidazole rings is 1. The SMILES string of the molecule is CC(F)(F)c1nn2cc(-c3cc4c(Cl)cc(Cl)cc4o3)nc2s1. The van der Waals surface area contributed by atoms with Crippen LogP contribution in [0, 0.1) is 0 Å². The molecule has 0 N–H and O–H groups in total. The predicted molar refractivity (Wildman–Crippen MR) is 85.7 cm³/mol. The van der Waals surface area contributed by atoms with E-state index in [0.717, 1.165) is 18.3 Å². The summed E-state index contributed by atoms with van der Waals surface area (Å²) >= 11 is 12.9. The Morgan fingerprint density at radius 3 is 2.74 bits per heavy atom. The molecule has 0 saturated carbocycles. The zero-order valence-electron chi connectivity index (χ0n) is 11.5. The lowest BCUT2D eigenvalue weighted by atomic mass is 10.2. The maximum absolute atomic E-state index is 13.3. The highest BCUT2D eigenvalue weighted by Crippen LogP contribution is 2.35. The lowest BCUT2D eigenvalue weighted by Gasteiger charge is -2.02. The number of furan rings is 1. The zero-order chi connectivity index (χ0) is 16.4. The first-order valence-electron chi connectivity index (χ1n) is 6.45. The van der Waals surface area contributed by atoms with Gasteiger partial charge in [-0.25, -0.2) is 9.50 Å². The fraction of sp³-hybridized carbons (Fsp3) is 0.143. The second kappa shape index (κ2) is 4.90. The Kier molecular flexibility index (Phi) is 3.16. The van der Waals surface area contributed by atoms with E-state index in [0.29, 0.717) is 37.4 Å². The minimum absolute atomic E-state index is 0.286. The van der Waals surface area contributed by atoms with Gasteiger partial charge >= 0.3 is 0 Å². The predicted octanol–water partition coefficient (Wildman–Crippen LogP) is 5.62. The summed E-state index contributed by atoms with van der Waals surface area (Å²) in [4.78, 5) is 4.64. The van der Waals surface area contributed by atoms with E-state index in [4.69, 9.17) is 27.6 Å². The second-order valence-corrected chi connectivity index (χ2v) is 6.86. The maximum atomic E-state index is 13.3. The monoisotopic (exact) mass is 373 g/mol. The van der Waals surface area contributed by atoms with Crippen molar-refractivity contribution in [3.63, 3.8) is 0 Å². The van der Waals surface area contributed by atoms with Gasteiger partial charge in [0, 0.05) is 23.4 Å². The summed E-state index contributed by atoms with van der Waals surface area (Å²) < 4.78 is 33.6. The Morgan fingerprint density at radius 2 is 2.04 bits per heavy atom. The third-order valence-electron chi connectivity index (χ3n) is 3.22. The van der Waals surface area contributed by atoms with Crippen LogP contribution in [0.25, 0.3) is 27.4 Å². The standard InChI is InChI=1S/C14H7Cl2F2N3OS/c1-14(17,18)12-20-21-5-9(19-13(21)23-12)11-4-7-8(16)2-6(15)3-10(7)22-11/h2-5H,1H3. The number of hydrogen-bond donors (Lipinski definition) is 0. The Bertz CT molecular complexity index is 1020. The molecule has 0 atom stereocenters. The van der Waals surface area contributed by atoms with Crippen molar-refractivity contribution in [2.24, 2.45) is 0 Å². The molecule has 0 fully saturated rings. The van der Waals surface area contributed by atoms with Gasteiger partial charge in [-0.3, -0.25) is 0 Å². The Morgan fingerprint density at radius 1 is 1.26 bits per heavy atom. The Balaban J connectivity index is 1.83. The highest BCUT2D eigenvalue weighted by Gasteiger charge is 2.30. The molecule has 1 aromatic carbocycles. The topological polar surface area (TPSA) is 43.3 Å². The van der Waals surface area contributed by atoms with Gasteiger partial charge in [0.05, 0.1) is 11.2 Å². The number of hydrogen-bond acceptors (Lipinski definition) is 4. The van der Waals surface area contributed by atoms with Crippen molar-refractivity contribution in [3.8, 4) is 11.5 Å². The molecule has 3 heterocycles. The summed E-state index contributed by atoms with van der Waals surface area (Å²) in [6, 6.07) is 5.00. The van der Waals surface area contributed by atoms with Crippen LogP contribution in [0.2, 0.25) is 10.0 Å². The van der Waals surface area contributed by atoms with Gasteiger partial charge < -0.3 is 4.42 Å².